The standard InChI is InChI=1S/C23H22ClN5O3S/c1-3-31-18-8-10-19(11-9-18)32-13-22-27-28-23(29(22)17-6-4-16(24)5-7-17)33-14-21(30)20(12-25)15(2)26/h4-11H,3,13-14,26H2,1-2H3/b20-15+. The van der Waals surface area contributed by atoms with Crippen molar-refractivity contribution in [3.63, 3.8) is 0 Å². The molecule has 0 fully saturated rings. The van der Waals surface area contributed by atoms with E-state index in [0.29, 0.717) is 28.4 Å². The lowest BCUT2D eigenvalue weighted by molar-refractivity contribution is -0.112. The molecule has 0 bridgehead atoms. The van der Waals surface area contributed by atoms with Gasteiger partial charge in [0.25, 0.3) is 0 Å². The van der Waals surface area contributed by atoms with E-state index in [9.17, 15) is 4.79 Å². The van der Waals surface area contributed by atoms with E-state index < -0.39 is 0 Å². The third-order valence-corrected chi connectivity index (χ3v) is 5.59. The van der Waals surface area contributed by atoms with Crippen molar-refractivity contribution in [2.24, 2.45) is 5.73 Å². The summed E-state index contributed by atoms with van der Waals surface area (Å²) in [5.74, 6) is 1.56. The van der Waals surface area contributed by atoms with Gasteiger partial charge in [0.15, 0.2) is 16.8 Å². The van der Waals surface area contributed by atoms with Crippen molar-refractivity contribution in [1.29, 1.82) is 5.26 Å². The molecular formula is C23H22ClN5O3S. The second kappa shape index (κ2) is 11.4. The summed E-state index contributed by atoms with van der Waals surface area (Å²) < 4.78 is 13.1. The Kier molecular flexibility index (Phi) is 8.35. The van der Waals surface area contributed by atoms with E-state index in [1.165, 1.54) is 6.92 Å². The highest BCUT2D eigenvalue weighted by Gasteiger charge is 2.18. The van der Waals surface area contributed by atoms with Crippen LogP contribution in [0.3, 0.4) is 0 Å². The first-order valence-corrected chi connectivity index (χ1v) is 11.4. The van der Waals surface area contributed by atoms with Crippen LogP contribution in [0.2, 0.25) is 5.02 Å². The van der Waals surface area contributed by atoms with Crippen LogP contribution in [0.5, 0.6) is 11.5 Å². The van der Waals surface area contributed by atoms with Gasteiger partial charge in [-0.15, -0.1) is 10.2 Å². The van der Waals surface area contributed by atoms with Gasteiger partial charge >= 0.3 is 0 Å². The number of halogens is 1. The van der Waals surface area contributed by atoms with Crippen LogP contribution in [-0.2, 0) is 11.4 Å². The Balaban J connectivity index is 1.82. The average Bonchev–Trinajstić information content (AvgIpc) is 3.21. The van der Waals surface area contributed by atoms with Gasteiger partial charge in [-0.2, -0.15) is 5.26 Å². The summed E-state index contributed by atoms with van der Waals surface area (Å²) in [6, 6.07) is 16.3. The first-order valence-electron chi connectivity index (χ1n) is 10.0. The summed E-state index contributed by atoms with van der Waals surface area (Å²) in [5.41, 5.74) is 6.52. The van der Waals surface area contributed by atoms with Crippen LogP contribution in [-0.4, -0.2) is 32.9 Å². The number of allylic oxidation sites excluding steroid dienone is 2. The summed E-state index contributed by atoms with van der Waals surface area (Å²) in [6.07, 6.45) is 0. The molecule has 2 aromatic carbocycles. The molecule has 1 aromatic heterocycles. The smallest absolute Gasteiger partial charge is 0.196 e. The molecule has 0 aliphatic carbocycles. The van der Waals surface area contributed by atoms with Crippen LogP contribution in [0.15, 0.2) is 65.0 Å². The molecule has 3 rings (SSSR count). The minimum atomic E-state index is -0.375. The topological polar surface area (TPSA) is 116 Å². The largest absolute Gasteiger partial charge is 0.494 e. The minimum absolute atomic E-state index is 0.0110. The second-order valence-corrected chi connectivity index (χ2v) is 8.16. The predicted octanol–water partition coefficient (Wildman–Crippen LogP) is 4.32. The third kappa shape index (κ3) is 6.28. The first kappa shape index (κ1) is 24.2. The Morgan fingerprint density at radius 3 is 2.33 bits per heavy atom. The molecule has 0 unspecified atom stereocenters. The first-order chi connectivity index (χ1) is 15.9. The molecular weight excluding hydrogens is 462 g/mol. The number of aromatic nitrogens is 3. The van der Waals surface area contributed by atoms with Gasteiger partial charge in [0.1, 0.15) is 29.7 Å². The minimum Gasteiger partial charge on any atom is -0.494 e. The van der Waals surface area contributed by atoms with Gasteiger partial charge in [-0.25, -0.2) is 0 Å². The number of nitriles is 1. The number of thioether (sulfide) groups is 1. The molecule has 0 radical (unpaired) electrons. The number of hydrogen-bond donors (Lipinski definition) is 1. The third-order valence-electron chi connectivity index (χ3n) is 4.41. The number of Topliss-reactive ketones (excluding diaryl/α,β-unsaturated/α-hetero) is 1. The predicted molar refractivity (Wildman–Crippen MR) is 127 cm³/mol. The summed E-state index contributed by atoms with van der Waals surface area (Å²) in [7, 11) is 0. The zero-order valence-corrected chi connectivity index (χ0v) is 19.7. The van der Waals surface area contributed by atoms with Crippen molar-refractivity contribution in [1.82, 2.24) is 14.8 Å². The molecule has 33 heavy (non-hydrogen) atoms. The zero-order chi connectivity index (χ0) is 23.8. The SMILES string of the molecule is CCOc1ccc(OCc2nnc(SCC(=O)/C(C#N)=C(\C)N)n2-c2ccc(Cl)cc2)cc1. The Labute approximate surface area is 201 Å². The maximum Gasteiger partial charge on any atom is 0.196 e. The van der Waals surface area contributed by atoms with Crippen molar-refractivity contribution in [3.8, 4) is 23.3 Å². The number of benzene rings is 2. The Bertz CT molecular complexity index is 1180. The molecule has 0 atom stereocenters. The van der Waals surface area contributed by atoms with Crippen molar-refractivity contribution in [2.75, 3.05) is 12.4 Å². The number of ether oxygens (including phenoxy) is 2. The van der Waals surface area contributed by atoms with E-state index in [4.69, 9.17) is 32.1 Å². The number of rotatable bonds is 10. The maximum absolute atomic E-state index is 12.4. The van der Waals surface area contributed by atoms with Crippen LogP contribution in [0.25, 0.3) is 5.69 Å². The van der Waals surface area contributed by atoms with Crippen LogP contribution in [0.4, 0.5) is 0 Å². The lowest BCUT2D eigenvalue weighted by Gasteiger charge is -2.11. The molecule has 0 aliphatic rings. The van der Waals surface area contributed by atoms with Crippen molar-refractivity contribution in [3.05, 3.63) is 70.6 Å². The molecule has 0 aliphatic heterocycles. The number of ketones is 1. The van der Waals surface area contributed by atoms with Gasteiger partial charge in [0, 0.05) is 16.4 Å². The van der Waals surface area contributed by atoms with E-state index in [-0.39, 0.29) is 29.4 Å². The fraction of sp³-hybridized carbons (Fsp3) is 0.217. The fourth-order valence-electron chi connectivity index (χ4n) is 2.86. The van der Waals surface area contributed by atoms with Crippen molar-refractivity contribution >= 4 is 29.1 Å². The molecule has 1 heterocycles. The molecule has 0 saturated carbocycles. The molecule has 2 N–H and O–H groups in total. The highest BCUT2D eigenvalue weighted by atomic mass is 35.5. The van der Waals surface area contributed by atoms with Crippen molar-refractivity contribution < 1.29 is 14.3 Å². The molecule has 3 aromatic rings. The Hall–Kier alpha value is -3.48. The average molecular weight is 484 g/mol. The van der Waals surface area contributed by atoms with E-state index in [2.05, 4.69) is 10.2 Å². The van der Waals surface area contributed by atoms with Crippen LogP contribution >= 0.6 is 23.4 Å². The zero-order valence-electron chi connectivity index (χ0n) is 18.1. The summed E-state index contributed by atoms with van der Waals surface area (Å²) in [5, 5.41) is 18.7. The highest BCUT2D eigenvalue weighted by molar-refractivity contribution is 7.99. The number of carbonyl (C=O) groups is 1. The maximum atomic E-state index is 12.4. The highest BCUT2D eigenvalue weighted by Crippen LogP contribution is 2.25. The normalized spacial score (nSPS) is 11.5. The van der Waals surface area contributed by atoms with E-state index in [1.54, 1.807) is 16.7 Å². The van der Waals surface area contributed by atoms with Gasteiger partial charge < -0.3 is 15.2 Å². The quantitative estimate of drug-likeness (QED) is 0.257. The Morgan fingerprint density at radius 1 is 1.12 bits per heavy atom. The molecule has 0 saturated heterocycles. The van der Waals surface area contributed by atoms with E-state index >= 15 is 0 Å². The number of nitrogens with zero attached hydrogens (tertiary/aromatic N) is 4. The number of carbonyl (C=O) groups excluding carboxylic acids is 1. The van der Waals surface area contributed by atoms with Gasteiger partial charge in [-0.05, 0) is 62.4 Å². The van der Waals surface area contributed by atoms with Gasteiger partial charge in [-0.1, -0.05) is 23.4 Å². The fourth-order valence-corrected chi connectivity index (χ4v) is 3.83. The van der Waals surface area contributed by atoms with Crippen LogP contribution < -0.4 is 15.2 Å². The van der Waals surface area contributed by atoms with E-state index in [1.807, 2.05) is 49.4 Å². The molecule has 8 nitrogen and oxygen atoms in total. The number of hydrogen-bond acceptors (Lipinski definition) is 8. The second-order valence-electron chi connectivity index (χ2n) is 6.79. The molecule has 170 valence electrons. The van der Waals surface area contributed by atoms with Crippen molar-refractivity contribution in [2.45, 2.75) is 25.6 Å². The van der Waals surface area contributed by atoms with Gasteiger partial charge in [0.2, 0.25) is 0 Å². The summed E-state index contributed by atoms with van der Waals surface area (Å²) in [4.78, 5) is 12.4. The van der Waals surface area contributed by atoms with E-state index in [0.717, 1.165) is 23.2 Å². The monoisotopic (exact) mass is 483 g/mol. The summed E-state index contributed by atoms with van der Waals surface area (Å²) in [6.45, 7) is 4.17. The Morgan fingerprint density at radius 2 is 1.76 bits per heavy atom. The number of nitrogens with two attached hydrogens (primary N) is 1. The van der Waals surface area contributed by atoms with Gasteiger partial charge in [-0.3, -0.25) is 9.36 Å². The lowest BCUT2D eigenvalue weighted by Crippen LogP contribution is -2.11. The van der Waals surface area contributed by atoms with Gasteiger partial charge in [0.05, 0.1) is 12.4 Å². The lowest BCUT2D eigenvalue weighted by atomic mass is 10.2. The van der Waals surface area contributed by atoms with Crippen LogP contribution in [0, 0.1) is 11.3 Å². The molecule has 10 heteroatoms. The molecule has 0 amide bonds. The molecule has 0 spiro atoms. The van der Waals surface area contributed by atoms with Crippen LogP contribution in [0.1, 0.15) is 19.7 Å². The summed E-state index contributed by atoms with van der Waals surface area (Å²) >= 11 is 7.20.